The van der Waals surface area contributed by atoms with E-state index >= 15 is 0 Å². The molecule has 1 aliphatic heterocycles. The van der Waals surface area contributed by atoms with Gasteiger partial charge in [0.05, 0.1) is 23.6 Å². The number of nitrogens with one attached hydrogen (secondary N) is 1. The molecule has 0 bridgehead atoms. The van der Waals surface area contributed by atoms with Crippen molar-refractivity contribution in [2.24, 2.45) is 5.92 Å². The maximum atomic E-state index is 12.8. The molecule has 0 radical (unpaired) electrons. The number of hydrogen-bond acceptors (Lipinski definition) is 6. The van der Waals surface area contributed by atoms with Gasteiger partial charge in [-0.3, -0.25) is 4.79 Å². The number of ether oxygens (including phenoxy) is 1. The van der Waals surface area contributed by atoms with Gasteiger partial charge in [-0.15, -0.1) is 0 Å². The molecular weight excluding hydrogens is 428 g/mol. The molecule has 2 aromatic carbocycles. The Hall–Kier alpha value is -3.66. The van der Waals surface area contributed by atoms with Crippen molar-refractivity contribution in [3.05, 3.63) is 65.2 Å². The number of nitrogens with zero attached hydrogens (tertiary/aromatic N) is 3. The average molecular weight is 451 g/mol. The van der Waals surface area contributed by atoms with E-state index in [9.17, 15) is 18.5 Å². The first-order chi connectivity index (χ1) is 15.4. The standard InChI is InChI=1S/C23H22N4O4S/c1-31-21-6-2-17(3-7-21)12-20(14-25)23(28)26-15-19-10-11-27(16-19)32(29,30)22-8-4-18(13-24)5-9-22/h2-9,12,19H,10-11,15-16H2,1H3,(H,26,28)/b20-12+. The van der Waals surface area contributed by atoms with Crippen molar-refractivity contribution in [2.45, 2.75) is 11.3 Å². The van der Waals surface area contributed by atoms with E-state index in [1.165, 1.54) is 34.6 Å². The van der Waals surface area contributed by atoms with Crippen molar-refractivity contribution in [2.75, 3.05) is 26.7 Å². The van der Waals surface area contributed by atoms with E-state index in [-0.39, 0.29) is 29.5 Å². The van der Waals surface area contributed by atoms with Crippen molar-refractivity contribution in [1.82, 2.24) is 9.62 Å². The zero-order valence-corrected chi connectivity index (χ0v) is 18.3. The molecule has 1 unspecified atom stereocenters. The normalized spacial score (nSPS) is 16.7. The Labute approximate surface area is 187 Å². The van der Waals surface area contributed by atoms with Crippen LogP contribution < -0.4 is 10.1 Å². The zero-order valence-electron chi connectivity index (χ0n) is 17.5. The molecule has 0 aliphatic carbocycles. The third-order valence-corrected chi connectivity index (χ3v) is 7.09. The molecule has 1 fully saturated rings. The topological polar surface area (TPSA) is 123 Å². The summed E-state index contributed by atoms with van der Waals surface area (Å²) in [5.41, 5.74) is 1.05. The molecule has 2 aromatic rings. The van der Waals surface area contributed by atoms with Crippen LogP contribution in [0, 0.1) is 28.6 Å². The van der Waals surface area contributed by atoms with Crippen LogP contribution in [0.15, 0.2) is 59.0 Å². The molecule has 1 heterocycles. The summed E-state index contributed by atoms with van der Waals surface area (Å²) in [5.74, 6) is 0.108. The molecule has 1 amide bonds. The van der Waals surface area contributed by atoms with Gasteiger partial charge in [-0.25, -0.2) is 8.42 Å². The highest BCUT2D eigenvalue weighted by atomic mass is 32.2. The molecule has 32 heavy (non-hydrogen) atoms. The summed E-state index contributed by atoms with van der Waals surface area (Å²) in [4.78, 5) is 12.6. The van der Waals surface area contributed by atoms with Crippen molar-refractivity contribution in [1.29, 1.82) is 10.5 Å². The fourth-order valence-electron chi connectivity index (χ4n) is 3.38. The average Bonchev–Trinajstić information content (AvgIpc) is 3.31. The van der Waals surface area contributed by atoms with Crippen LogP contribution in [0.3, 0.4) is 0 Å². The van der Waals surface area contributed by atoms with E-state index in [1.54, 1.807) is 31.4 Å². The summed E-state index contributed by atoms with van der Waals surface area (Å²) in [5, 5.41) is 21.0. The van der Waals surface area contributed by atoms with Crippen molar-refractivity contribution < 1.29 is 17.9 Å². The van der Waals surface area contributed by atoms with Gasteiger partial charge < -0.3 is 10.1 Å². The molecule has 1 saturated heterocycles. The van der Waals surface area contributed by atoms with Gasteiger partial charge in [-0.2, -0.15) is 14.8 Å². The molecule has 0 aromatic heterocycles. The number of amides is 1. The Bertz CT molecular complexity index is 1190. The van der Waals surface area contributed by atoms with Crippen molar-refractivity contribution >= 4 is 22.0 Å². The predicted octanol–water partition coefficient (Wildman–Crippen LogP) is 2.30. The highest BCUT2D eigenvalue weighted by Gasteiger charge is 2.32. The van der Waals surface area contributed by atoms with E-state index in [4.69, 9.17) is 10.00 Å². The van der Waals surface area contributed by atoms with Crippen LogP contribution in [0.2, 0.25) is 0 Å². The Kier molecular flexibility index (Phi) is 7.26. The maximum Gasteiger partial charge on any atom is 0.261 e. The number of sulfonamides is 1. The van der Waals surface area contributed by atoms with Crippen LogP contribution in [-0.2, 0) is 14.8 Å². The van der Waals surface area contributed by atoms with E-state index < -0.39 is 15.9 Å². The minimum atomic E-state index is -3.67. The summed E-state index contributed by atoms with van der Waals surface area (Å²) >= 11 is 0. The largest absolute Gasteiger partial charge is 0.497 e. The quantitative estimate of drug-likeness (QED) is 0.510. The minimum Gasteiger partial charge on any atom is -0.497 e. The van der Waals surface area contributed by atoms with Gasteiger partial charge >= 0.3 is 0 Å². The third kappa shape index (κ3) is 5.33. The van der Waals surface area contributed by atoms with Crippen LogP contribution in [0.25, 0.3) is 6.08 Å². The molecule has 1 atom stereocenters. The van der Waals surface area contributed by atoms with Gasteiger partial charge in [0.2, 0.25) is 10.0 Å². The lowest BCUT2D eigenvalue weighted by molar-refractivity contribution is -0.117. The highest BCUT2D eigenvalue weighted by molar-refractivity contribution is 7.89. The molecule has 9 heteroatoms. The number of carbonyl (C=O) groups is 1. The van der Waals surface area contributed by atoms with E-state index in [0.29, 0.717) is 29.8 Å². The molecule has 8 nitrogen and oxygen atoms in total. The summed E-state index contributed by atoms with van der Waals surface area (Å²) in [7, 11) is -2.11. The zero-order chi connectivity index (χ0) is 23.1. The van der Waals surface area contributed by atoms with Gasteiger partial charge in [0.15, 0.2) is 0 Å². The van der Waals surface area contributed by atoms with E-state index in [1.807, 2.05) is 12.1 Å². The van der Waals surface area contributed by atoms with Gasteiger partial charge in [0, 0.05) is 19.6 Å². The molecule has 1 aliphatic rings. The second kappa shape index (κ2) is 10.1. The van der Waals surface area contributed by atoms with Gasteiger partial charge in [0.1, 0.15) is 17.4 Å². The van der Waals surface area contributed by atoms with Crippen LogP contribution in [0.5, 0.6) is 5.75 Å². The fraction of sp³-hybridized carbons (Fsp3) is 0.261. The lowest BCUT2D eigenvalue weighted by atomic mass is 10.1. The van der Waals surface area contributed by atoms with Crippen molar-refractivity contribution in [3.63, 3.8) is 0 Å². The number of hydrogen-bond donors (Lipinski definition) is 1. The Morgan fingerprint density at radius 2 is 1.88 bits per heavy atom. The molecule has 3 rings (SSSR count). The summed E-state index contributed by atoms with van der Waals surface area (Å²) in [6.07, 6.45) is 2.09. The number of rotatable bonds is 7. The lowest BCUT2D eigenvalue weighted by Crippen LogP contribution is -2.33. The first kappa shape index (κ1) is 23.0. The molecule has 1 N–H and O–H groups in total. The SMILES string of the molecule is COc1ccc(/C=C(\C#N)C(=O)NCC2CCN(S(=O)(=O)c3ccc(C#N)cc3)C2)cc1. The molecular formula is C23H22N4O4S. The maximum absolute atomic E-state index is 12.8. The summed E-state index contributed by atoms with van der Waals surface area (Å²) in [6.45, 7) is 0.877. The van der Waals surface area contributed by atoms with Crippen LogP contribution in [-0.4, -0.2) is 45.4 Å². The van der Waals surface area contributed by atoms with Crippen molar-refractivity contribution in [3.8, 4) is 17.9 Å². The predicted molar refractivity (Wildman–Crippen MR) is 118 cm³/mol. The monoisotopic (exact) mass is 450 g/mol. The number of benzene rings is 2. The Balaban J connectivity index is 1.59. The Morgan fingerprint density at radius 3 is 2.47 bits per heavy atom. The highest BCUT2D eigenvalue weighted by Crippen LogP contribution is 2.24. The van der Waals surface area contributed by atoms with Crippen LogP contribution in [0.1, 0.15) is 17.5 Å². The smallest absolute Gasteiger partial charge is 0.261 e. The van der Waals surface area contributed by atoms with E-state index in [0.717, 1.165) is 0 Å². The number of nitriles is 2. The lowest BCUT2D eigenvalue weighted by Gasteiger charge is -2.17. The van der Waals surface area contributed by atoms with Gasteiger partial charge in [-0.1, -0.05) is 12.1 Å². The fourth-order valence-corrected chi connectivity index (χ4v) is 4.91. The van der Waals surface area contributed by atoms with E-state index in [2.05, 4.69) is 5.32 Å². The van der Waals surface area contributed by atoms with Gasteiger partial charge in [-0.05, 0) is 60.4 Å². The first-order valence-electron chi connectivity index (χ1n) is 9.91. The minimum absolute atomic E-state index is 0.0322. The second-order valence-corrected chi connectivity index (χ2v) is 9.24. The number of carbonyl (C=O) groups excluding carboxylic acids is 1. The molecule has 164 valence electrons. The molecule has 0 saturated carbocycles. The first-order valence-corrected chi connectivity index (χ1v) is 11.4. The van der Waals surface area contributed by atoms with Crippen LogP contribution in [0.4, 0.5) is 0 Å². The third-order valence-electron chi connectivity index (χ3n) is 5.21. The second-order valence-electron chi connectivity index (χ2n) is 7.31. The summed E-state index contributed by atoms with van der Waals surface area (Å²) in [6, 6.07) is 16.6. The molecule has 0 spiro atoms. The van der Waals surface area contributed by atoms with Gasteiger partial charge in [0.25, 0.3) is 5.91 Å². The number of methoxy groups -OCH3 is 1. The Morgan fingerprint density at radius 1 is 1.19 bits per heavy atom. The summed E-state index contributed by atoms with van der Waals surface area (Å²) < 4.78 is 32.1. The van der Waals surface area contributed by atoms with Crippen LogP contribution >= 0.6 is 0 Å².